The number of benzene rings is 1. The Balaban J connectivity index is 1.39. The summed E-state index contributed by atoms with van der Waals surface area (Å²) < 4.78 is 2.72. The van der Waals surface area contributed by atoms with Crippen LogP contribution >= 0.6 is 0 Å². The monoisotopic (exact) mass is 383 g/mol. The molecule has 8 heteroatoms. The van der Waals surface area contributed by atoms with Crippen LogP contribution in [0.3, 0.4) is 0 Å². The summed E-state index contributed by atoms with van der Waals surface area (Å²) in [4.78, 5) is 16.2. The van der Waals surface area contributed by atoms with Crippen molar-refractivity contribution in [3.05, 3.63) is 64.7 Å². The molecule has 4 rings (SSSR count). The number of nitrogens with zero attached hydrogens (tertiary/aromatic N) is 5. The smallest absolute Gasteiger partial charge is 0.350 e. The van der Waals surface area contributed by atoms with E-state index in [0.29, 0.717) is 31.8 Å². The van der Waals surface area contributed by atoms with E-state index in [0.717, 1.165) is 5.69 Å². The third-order valence-corrected chi connectivity index (χ3v) is 5.30. The van der Waals surface area contributed by atoms with Gasteiger partial charge >= 0.3 is 5.69 Å². The Kier molecular flexibility index (Phi) is 4.92. The van der Waals surface area contributed by atoms with Crippen LogP contribution in [0.4, 0.5) is 5.69 Å². The number of fused-ring (bicyclic) bond motifs is 1. The predicted molar refractivity (Wildman–Crippen MR) is 106 cm³/mol. The second-order valence-corrected chi connectivity index (χ2v) is 7.27. The highest BCUT2D eigenvalue weighted by atomic mass is 16.5. The van der Waals surface area contributed by atoms with Crippen LogP contribution in [0.15, 0.2) is 53.5 Å². The van der Waals surface area contributed by atoms with Gasteiger partial charge in [0.1, 0.15) is 0 Å². The number of hydrogen-bond acceptors (Lipinski definition) is 6. The van der Waals surface area contributed by atoms with Gasteiger partial charge < -0.3 is 15.1 Å². The minimum absolute atomic E-state index is 0.00122. The molecule has 148 valence electrons. The molecule has 0 spiro atoms. The molecule has 8 nitrogen and oxygen atoms in total. The molecule has 2 N–H and O–H groups in total. The molecule has 1 aliphatic rings. The van der Waals surface area contributed by atoms with Crippen molar-refractivity contribution in [1.82, 2.24) is 19.1 Å². The molecule has 2 aromatic heterocycles. The molecule has 28 heavy (non-hydrogen) atoms. The van der Waals surface area contributed by atoms with Crippen molar-refractivity contribution < 1.29 is 10.2 Å². The molecule has 1 fully saturated rings. The van der Waals surface area contributed by atoms with Crippen molar-refractivity contribution >= 4 is 11.3 Å². The quantitative estimate of drug-likeness (QED) is 0.630. The number of aryl methyl sites for hydroxylation is 2. The van der Waals surface area contributed by atoms with Crippen molar-refractivity contribution in [2.24, 2.45) is 0 Å². The Labute approximate surface area is 162 Å². The van der Waals surface area contributed by atoms with Gasteiger partial charge in [-0.1, -0.05) is 18.2 Å². The van der Waals surface area contributed by atoms with Gasteiger partial charge in [0.25, 0.3) is 0 Å². The van der Waals surface area contributed by atoms with E-state index in [9.17, 15) is 15.0 Å². The average molecular weight is 383 g/mol. The molecular weight excluding hydrogens is 358 g/mol. The molecule has 0 bridgehead atoms. The number of piperazine rings is 1. The molecule has 0 atom stereocenters. The summed E-state index contributed by atoms with van der Waals surface area (Å²) in [6.07, 6.45) is 1.65. The fourth-order valence-electron chi connectivity index (χ4n) is 3.68. The summed E-state index contributed by atoms with van der Waals surface area (Å²) in [6.45, 7) is 4.67. The standard InChI is InChI=1S/C20H25N5O3/c1-16-5-4-6-17(15-16)22-11-13-23(14-12-22)20(27,28)8-10-25-19(26)24-9-3-2-7-18(24)21-25/h2-7,9,15,27-28H,8,10-14H2,1H3. The molecule has 1 aromatic carbocycles. The summed E-state index contributed by atoms with van der Waals surface area (Å²) in [5.41, 5.74) is 2.62. The van der Waals surface area contributed by atoms with Crippen LogP contribution in [-0.2, 0) is 6.54 Å². The van der Waals surface area contributed by atoms with E-state index in [4.69, 9.17) is 0 Å². The molecule has 1 aliphatic heterocycles. The van der Waals surface area contributed by atoms with Gasteiger partial charge in [0, 0.05) is 44.5 Å². The van der Waals surface area contributed by atoms with Crippen molar-refractivity contribution in [2.45, 2.75) is 25.8 Å². The SMILES string of the molecule is Cc1cccc(N2CCN(C(O)(O)CCn3nc4ccccn4c3=O)CC2)c1. The lowest BCUT2D eigenvalue weighted by molar-refractivity contribution is -0.270. The van der Waals surface area contributed by atoms with Crippen molar-refractivity contribution in [3.8, 4) is 0 Å². The maximum atomic E-state index is 12.3. The third kappa shape index (κ3) is 3.66. The molecule has 0 aliphatic carbocycles. The summed E-state index contributed by atoms with van der Waals surface area (Å²) >= 11 is 0. The highest BCUT2D eigenvalue weighted by molar-refractivity contribution is 5.48. The first kappa shape index (κ1) is 18.7. The molecule has 3 aromatic rings. The van der Waals surface area contributed by atoms with Gasteiger partial charge in [0.15, 0.2) is 5.65 Å². The highest BCUT2D eigenvalue weighted by Crippen LogP contribution is 2.21. The van der Waals surface area contributed by atoms with E-state index >= 15 is 0 Å². The topological polar surface area (TPSA) is 86.2 Å². The van der Waals surface area contributed by atoms with Gasteiger partial charge in [-0.15, -0.1) is 5.10 Å². The normalized spacial score (nSPS) is 16.0. The third-order valence-electron chi connectivity index (χ3n) is 5.30. The van der Waals surface area contributed by atoms with Crippen molar-refractivity contribution in [2.75, 3.05) is 31.1 Å². The lowest BCUT2D eigenvalue weighted by Crippen LogP contribution is -2.57. The van der Waals surface area contributed by atoms with Crippen LogP contribution in [0.25, 0.3) is 5.65 Å². The Morgan fingerprint density at radius 2 is 1.86 bits per heavy atom. The fourth-order valence-corrected chi connectivity index (χ4v) is 3.68. The van der Waals surface area contributed by atoms with Gasteiger partial charge in [-0.25, -0.2) is 14.4 Å². The molecular formula is C20H25N5O3. The zero-order valence-electron chi connectivity index (χ0n) is 15.9. The summed E-state index contributed by atoms with van der Waals surface area (Å²) in [5, 5.41) is 25.4. The van der Waals surface area contributed by atoms with Crippen LogP contribution in [0.1, 0.15) is 12.0 Å². The Morgan fingerprint density at radius 3 is 2.57 bits per heavy atom. The lowest BCUT2D eigenvalue weighted by atomic mass is 10.1. The first-order valence-corrected chi connectivity index (χ1v) is 9.50. The maximum absolute atomic E-state index is 12.3. The van der Waals surface area contributed by atoms with Crippen molar-refractivity contribution in [3.63, 3.8) is 0 Å². The van der Waals surface area contributed by atoms with Crippen LogP contribution in [-0.4, -0.2) is 61.4 Å². The molecule has 0 radical (unpaired) electrons. The van der Waals surface area contributed by atoms with E-state index in [1.165, 1.54) is 14.6 Å². The maximum Gasteiger partial charge on any atom is 0.350 e. The molecule has 3 heterocycles. The van der Waals surface area contributed by atoms with Gasteiger partial charge in [-0.2, -0.15) is 0 Å². The number of aliphatic hydroxyl groups is 2. The number of anilines is 1. The molecule has 0 unspecified atom stereocenters. The van der Waals surface area contributed by atoms with Gasteiger partial charge in [0.05, 0.1) is 6.54 Å². The summed E-state index contributed by atoms with van der Waals surface area (Å²) in [7, 11) is 0. The van der Waals surface area contributed by atoms with Gasteiger partial charge in [0.2, 0.25) is 5.91 Å². The number of pyridine rings is 1. The predicted octanol–water partition coefficient (Wildman–Crippen LogP) is 0.655. The Hall–Kier alpha value is -2.68. The second-order valence-electron chi connectivity index (χ2n) is 7.27. The molecule has 1 saturated heterocycles. The first-order valence-electron chi connectivity index (χ1n) is 9.50. The van der Waals surface area contributed by atoms with Crippen LogP contribution in [0, 0.1) is 6.92 Å². The van der Waals surface area contributed by atoms with E-state index in [-0.39, 0.29) is 18.7 Å². The van der Waals surface area contributed by atoms with Crippen LogP contribution in [0.5, 0.6) is 0 Å². The number of rotatable bonds is 5. The molecule has 0 saturated carbocycles. The first-order chi connectivity index (χ1) is 13.4. The van der Waals surface area contributed by atoms with E-state index in [2.05, 4.69) is 35.1 Å². The minimum atomic E-state index is -1.98. The van der Waals surface area contributed by atoms with Crippen LogP contribution in [0.2, 0.25) is 0 Å². The highest BCUT2D eigenvalue weighted by Gasteiger charge is 2.34. The zero-order chi connectivity index (χ0) is 19.7. The van der Waals surface area contributed by atoms with Crippen LogP contribution < -0.4 is 10.6 Å². The number of hydrogen-bond donors (Lipinski definition) is 2. The lowest BCUT2D eigenvalue weighted by Gasteiger charge is -2.42. The van der Waals surface area contributed by atoms with E-state index < -0.39 is 5.91 Å². The van der Waals surface area contributed by atoms with Gasteiger partial charge in [-0.3, -0.25) is 4.40 Å². The summed E-state index contributed by atoms with van der Waals surface area (Å²) in [5.74, 6) is -1.98. The average Bonchev–Trinajstić information content (AvgIpc) is 3.03. The second kappa shape index (κ2) is 7.38. The largest absolute Gasteiger partial charge is 0.369 e. The van der Waals surface area contributed by atoms with E-state index in [1.54, 1.807) is 23.2 Å². The Bertz CT molecular complexity index is 1020. The molecule has 0 amide bonds. The minimum Gasteiger partial charge on any atom is -0.369 e. The van der Waals surface area contributed by atoms with Crippen molar-refractivity contribution in [1.29, 1.82) is 0 Å². The van der Waals surface area contributed by atoms with E-state index in [1.807, 2.05) is 12.1 Å². The van der Waals surface area contributed by atoms with Gasteiger partial charge in [-0.05, 0) is 36.8 Å². The fraction of sp³-hybridized carbons (Fsp3) is 0.400. The summed E-state index contributed by atoms with van der Waals surface area (Å²) in [6, 6.07) is 13.6. The zero-order valence-corrected chi connectivity index (χ0v) is 15.9. The Morgan fingerprint density at radius 1 is 1.07 bits per heavy atom. The number of aromatic nitrogens is 3.